The van der Waals surface area contributed by atoms with Crippen LogP contribution in [0.3, 0.4) is 0 Å². The summed E-state index contributed by atoms with van der Waals surface area (Å²) in [5.74, 6) is 0. The van der Waals surface area contributed by atoms with Gasteiger partial charge in [0.05, 0.1) is 17.8 Å². The average Bonchev–Trinajstić information content (AvgIpc) is 2.46. The number of hydrogen-bond acceptors (Lipinski definition) is 4. The van der Waals surface area contributed by atoms with E-state index < -0.39 is 16.0 Å². The van der Waals surface area contributed by atoms with Gasteiger partial charge in [-0.2, -0.15) is 8.42 Å². The summed E-state index contributed by atoms with van der Waals surface area (Å²) < 4.78 is 41.0. The molecule has 0 radical (unpaired) electrons. The molecule has 0 heterocycles. The quantitative estimate of drug-likeness (QED) is 0.239. The van der Waals surface area contributed by atoms with Crippen LogP contribution in [-0.2, 0) is 19.3 Å². The Morgan fingerprint density at radius 3 is 1.65 bits per heavy atom. The van der Waals surface area contributed by atoms with Crippen LogP contribution in [0.2, 0.25) is 0 Å². The van der Waals surface area contributed by atoms with Gasteiger partial charge < -0.3 is 4.74 Å². The van der Waals surface area contributed by atoms with E-state index in [9.17, 15) is 8.42 Å². The maximum Gasteiger partial charge on any atom is 0.397 e. The average molecular weight is 395 g/mol. The van der Waals surface area contributed by atoms with Crippen molar-refractivity contribution < 1.29 is 21.9 Å². The van der Waals surface area contributed by atoms with Crippen molar-refractivity contribution in [2.45, 2.75) is 123 Å². The summed E-state index contributed by atoms with van der Waals surface area (Å²) in [5.41, 5.74) is -1.20. The van der Waals surface area contributed by atoms with Crippen LogP contribution in [0.1, 0.15) is 112 Å². The fourth-order valence-corrected chi connectivity index (χ4v) is 3.66. The highest BCUT2D eigenvalue weighted by Crippen LogP contribution is 2.23. The van der Waals surface area contributed by atoms with Crippen molar-refractivity contribution in [1.29, 1.82) is 0 Å². The van der Waals surface area contributed by atoms with Gasteiger partial charge in [-0.25, -0.2) is 4.18 Å². The minimum absolute atomic E-state index is 0.228. The van der Waals surface area contributed by atoms with Crippen molar-refractivity contribution in [2.75, 3.05) is 6.61 Å². The fourth-order valence-electron chi connectivity index (χ4n) is 3.01. The summed E-state index contributed by atoms with van der Waals surface area (Å²) in [6, 6.07) is 0. The molecule has 0 aliphatic carbocycles. The van der Waals surface area contributed by atoms with E-state index in [0.29, 0.717) is 13.0 Å². The Labute approximate surface area is 162 Å². The van der Waals surface area contributed by atoms with E-state index in [1.54, 1.807) is 13.8 Å². The molecule has 1 N–H and O–H groups in total. The van der Waals surface area contributed by atoms with Gasteiger partial charge in [-0.15, -0.1) is 0 Å². The van der Waals surface area contributed by atoms with Gasteiger partial charge in [-0.3, -0.25) is 4.55 Å². The third kappa shape index (κ3) is 17.3. The van der Waals surface area contributed by atoms with Crippen LogP contribution in [0.5, 0.6) is 0 Å². The molecule has 0 aliphatic heterocycles. The Bertz CT molecular complexity index is 443. The number of hydrogen-bond donors (Lipinski definition) is 1. The molecule has 0 rings (SSSR count). The third-order valence-corrected chi connectivity index (χ3v) is 5.32. The summed E-state index contributed by atoms with van der Waals surface area (Å²) in [6.07, 6.45) is 14.6. The first kappa shape index (κ1) is 25.8. The summed E-state index contributed by atoms with van der Waals surface area (Å²) in [7, 11) is -4.44. The van der Waals surface area contributed by atoms with Gasteiger partial charge >= 0.3 is 10.4 Å². The van der Waals surface area contributed by atoms with E-state index in [4.69, 9.17) is 9.29 Å². The second-order valence-corrected chi connectivity index (χ2v) is 9.58. The normalized spacial score (nSPS) is 13.3. The topological polar surface area (TPSA) is 72.8 Å². The lowest BCUT2D eigenvalue weighted by molar-refractivity contribution is -0.0464. The van der Waals surface area contributed by atoms with Crippen LogP contribution >= 0.6 is 0 Å². The maximum absolute atomic E-state index is 10.8. The number of ether oxygens (including phenoxy) is 1. The van der Waals surface area contributed by atoms with Gasteiger partial charge in [0.25, 0.3) is 0 Å². The third-order valence-electron chi connectivity index (χ3n) is 4.66. The molecule has 0 aliphatic rings. The van der Waals surface area contributed by atoms with Gasteiger partial charge in [0, 0.05) is 6.42 Å². The Hall–Kier alpha value is -0.170. The lowest BCUT2D eigenvalue weighted by atomic mass is 9.98. The minimum atomic E-state index is -4.44. The van der Waals surface area contributed by atoms with E-state index in [-0.39, 0.29) is 5.60 Å². The lowest BCUT2D eigenvalue weighted by Crippen LogP contribution is -2.32. The Kier molecular flexibility index (Phi) is 13.0. The zero-order valence-corrected chi connectivity index (χ0v) is 18.5. The molecular weight excluding hydrogens is 352 g/mol. The predicted octanol–water partition coefficient (Wildman–Crippen LogP) is 6.08. The molecule has 0 saturated heterocycles. The molecule has 0 saturated carbocycles. The Balaban J connectivity index is 3.72. The molecule has 0 aromatic carbocycles. The highest BCUT2D eigenvalue weighted by Gasteiger charge is 2.27. The van der Waals surface area contributed by atoms with Gasteiger partial charge in [0.2, 0.25) is 0 Å². The summed E-state index contributed by atoms with van der Waals surface area (Å²) in [5, 5.41) is 0. The molecule has 0 amide bonds. The van der Waals surface area contributed by atoms with Gasteiger partial charge in [0.1, 0.15) is 0 Å². The van der Waals surface area contributed by atoms with E-state index in [1.165, 1.54) is 57.8 Å². The molecule has 0 unspecified atom stereocenters. The molecule has 6 heteroatoms. The van der Waals surface area contributed by atoms with Crippen molar-refractivity contribution >= 4 is 10.4 Å². The van der Waals surface area contributed by atoms with Crippen LogP contribution in [0.15, 0.2) is 0 Å². The molecule has 0 atom stereocenters. The molecule has 0 aromatic rings. The minimum Gasteiger partial charge on any atom is -0.375 e. The molecule has 0 bridgehead atoms. The zero-order chi connectivity index (χ0) is 20.1. The van der Waals surface area contributed by atoms with Crippen LogP contribution in [0.25, 0.3) is 0 Å². The van der Waals surface area contributed by atoms with Crippen molar-refractivity contribution in [2.24, 2.45) is 0 Å². The first-order chi connectivity index (χ1) is 12.0. The van der Waals surface area contributed by atoms with Crippen molar-refractivity contribution in [3.63, 3.8) is 0 Å². The second kappa shape index (κ2) is 13.1. The summed E-state index contributed by atoms with van der Waals surface area (Å²) >= 11 is 0. The lowest BCUT2D eigenvalue weighted by Gasteiger charge is -2.28. The fraction of sp³-hybridized carbons (Fsp3) is 1.00. The van der Waals surface area contributed by atoms with Crippen molar-refractivity contribution in [3.05, 3.63) is 0 Å². The number of unbranched alkanes of at least 4 members (excludes halogenated alkanes) is 9. The Morgan fingerprint density at radius 1 is 0.731 bits per heavy atom. The second-order valence-electron chi connectivity index (χ2n) is 8.56. The molecule has 0 aromatic heterocycles. The first-order valence-corrected chi connectivity index (χ1v) is 11.7. The van der Waals surface area contributed by atoms with Crippen molar-refractivity contribution in [3.8, 4) is 0 Å². The van der Waals surface area contributed by atoms with Crippen LogP contribution in [0.4, 0.5) is 0 Å². The van der Waals surface area contributed by atoms with E-state index >= 15 is 0 Å². The smallest absolute Gasteiger partial charge is 0.375 e. The molecule has 0 fully saturated rings. The monoisotopic (exact) mass is 394 g/mol. The van der Waals surface area contributed by atoms with Crippen LogP contribution in [-0.4, -0.2) is 30.8 Å². The highest BCUT2D eigenvalue weighted by atomic mass is 32.3. The summed E-state index contributed by atoms with van der Waals surface area (Å²) in [4.78, 5) is 0. The molecular formula is C20H42O5S. The van der Waals surface area contributed by atoms with E-state index in [2.05, 4.69) is 25.0 Å². The standard InChI is InChI=1S/C20H42O5S/c1-6-7-8-9-10-11-12-13-14-15-16-19(2,3)24-18-17-20(4,5)25-26(21,22)23/h6-18H2,1-5H3,(H,21,22,23). The van der Waals surface area contributed by atoms with Gasteiger partial charge in [-0.1, -0.05) is 71.1 Å². The number of rotatable bonds is 17. The first-order valence-electron chi connectivity index (χ1n) is 10.3. The van der Waals surface area contributed by atoms with Crippen molar-refractivity contribution in [1.82, 2.24) is 0 Å². The highest BCUT2D eigenvalue weighted by molar-refractivity contribution is 7.80. The van der Waals surface area contributed by atoms with E-state index in [0.717, 1.165) is 12.8 Å². The Morgan fingerprint density at radius 2 is 1.19 bits per heavy atom. The van der Waals surface area contributed by atoms with E-state index in [1.807, 2.05) is 0 Å². The predicted molar refractivity (Wildman–Crippen MR) is 108 cm³/mol. The van der Waals surface area contributed by atoms with Gasteiger partial charge in [0.15, 0.2) is 0 Å². The zero-order valence-electron chi connectivity index (χ0n) is 17.7. The van der Waals surface area contributed by atoms with Crippen LogP contribution < -0.4 is 0 Å². The molecule has 0 spiro atoms. The molecule has 5 nitrogen and oxygen atoms in total. The SMILES string of the molecule is CCCCCCCCCCCCC(C)(C)OCCC(C)(C)OS(=O)(=O)O. The van der Waals surface area contributed by atoms with Crippen LogP contribution in [0, 0.1) is 0 Å². The largest absolute Gasteiger partial charge is 0.397 e. The van der Waals surface area contributed by atoms with Gasteiger partial charge in [-0.05, 0) is 34.1 Å². The molecule has 158 valence electrons. The summed E-state index contributed by atoms with van der Waals surface area (Å²) in [6.45, 7) is 10.0. The molecule has 26 heavy (non-hydrogen) atoms. The maximum atomic E-state index is 10.8.